The van der Waals surface area contributed by atoms with Gasteiger partial charge in [-0.2, -0.15) is 13.2 Å². The maximum atomic E-state index is 13.0. The molecule has 76 valence electrons. The highest BCUT2D eigenvalue weighted by atomic mass is 19.4. The first-order valence-electron chi connectivity index (χ1n) is 3.97. The molecule has 1 aromatic carbocycles. The lowest BCUT2D eigenvalue weighted by Crippen LogP contribution is -2.06. The van der Waals surface area contributed by atoms with E-state index in [0.29, 0.717) is 0 Å². The Kier molecular flexibility index (Phi) is 1.99. The van der Waals surface area contributed by atoms with Gasteiger partial charge in [-0.05, 0) is 18.2 Å². The van der Waals surface area contributed by atoms with Crippen molar-refractivity contribution in [3.8, 4) is 0 Å². The first-order valence-corrected chi connectivity index (χ1v) is 3.97. The van der Waals surface area contributed by atoms with Crippen LogP contribution in [0.15, 0.2) is 18.2 Å². The average molecular weight is 206 g/mol. The summed E-state index contributed by atoms with van der Waals surface area (Å²) in [5.74, 6) is -0.652. The van der Waals surface area contributed by atoms with Gasteiger partial charge in [-0.25, -0.2) is 4.39 Å². The summed E-state index contributed by atoms with van der Waals surface area (Å²) in [6, 6.07) is 2.34. The zero-order chi connectivity index (χ0) is 10.3. The maximum Gasteiger partial charge on any atom is 0.416 e. The minimum atomic E-state index is -4.43. The minimum absolute atomic E-state index is 0.0141. The molecule has 1 fully saturated rings. The smallest absolute Gasteiger partial charge is 0.368 e. The molecule has 0 amide bonds. The van der Waals surface area contributed by atoms with Gasteiger partial charge in [-0.1, -0.05) is 0 Å². The summed E-state index contributed by atoms with van der Waals surface area (Å²) in [5, 5.41) is 0. The molecule has 1 nitrogen and oxygen atoms in total. The summed E-state index contributed by atoms with van der Waals surface area (Å²) in [6.45, 7) is 0.290. The van der Waals surface area contributed by atoms with Crippen molar-refractivity contribution in [3.63, 3.8) is 0 Å². The van der Waals surface area contributed by atoms with Gasteiger partial charge in [0.15, 0.2) is 0 Å². The molecule has 0 aliphatic carbocycles. The number of hydrogen-bond donors (Lipinski definition) is 0. The molecule has 14 heavy (non-hydrogen) atoms. The molecule has 0 unspecified atom stereocenters. The molecule has 1 saturated heterocycles. The number of halogens is 4. The molecule has 1 aromatic rings. The van der Waals surface area contributed by atoms with E-state index in [2.05, 4.69) is 0 Å². The Morgan fingerprint density at radius 3 is 2.43 bits per heavy atom. The Bertz CT molecular complexity index is 354. The van der Waals surface area contributed by atoms with E-state index in [4.69, 9.17) is 4.74 Å². The first kappa shape index (κ1) is 9.45. The monoisotopic (exact) mass is 206 g/mol. The molecule has 1 aliphatic rings. The van der Waals surface area contributed by atoms with Crippen LogP contribution in [0.25, 0.3) is 0 Å². The van der Waals surface area contributed by atoms with Crippen molar-refractivity contribution in [3.05, 3.63) is 35.1 Å². The lowest BCUT2D eigenvalue weighted by molar-refractivity contribution is -0.137. The number of ether oxygens (including phenoxy) is 1. The number of rotatable bonds is 1. The van der Waals surface area contributed by atoms with Gasteiger partial charge >= 0.3 is 6.18 Å². The van der Waals surface area contributed by atoms with Crippen molar-refractivity contribution < 1.29 is 22.3 Å². The van der Waals surface area contributed by atoms with Gasteiger partial charge in [0.2, 0.25) is 0 Å². The highest BCUT2D eigenvalue weighted by Crippen LogP contribution is 2.36. The Labute approximate surface area is 77.3 Å². The number of epoxide rings is 1. The van der Waals surface area contributed by atoms with Crippen LogP contribution in [-0.4, -0.2) is 6.61 Å². The predicted molar refractivity (Wildman–Crippen MR) is 40.1 cm³/mol. The lowest BCUT2D eigenvalue weighted by atomic mass is 10.1. The summed E-state index contributed by atoms with van der Waals surface area (Å²) in [4.78, 5) is 0. The minimum Gasteiger partial charge on any atom is -0.368 e. The summed E-state index contributed by atoms with van der Waals surface area (Å²) >= 11 is 0. The molecule has 1 heterocycles. The second-order valence-electron chi connectivity index (χ2n) is 3.06. The molecule has 2 rings (SSSR count). The van der Waals surface area contributed by atoms with Gasteiger partial charge in [-0.3, -0.25) is 0 Å². The lowest BCUT2D eigenvalue weighted by Gasteiger charge is -2.08. The predicted octanol–water partition coefficient (Wildman–Crippen LogP) is 2.92. The van der Waals surface area contributed by atoms with E-state index in [1.54, 1.807) is 0 Å². The topological polar surface area (TPSA) is 12.5 Å². The van der Waals surface area contributed by atoms with Gasteiger partial charge in [0, 0.05) is 5.56 Å². The van der Waals surface area contributed by atoms with Crippen LogP contribution in [0.1, 0.15) is 17.2 Å². The van der Waals surface area contributed by atoms with Crippen molar-refractivity contribution in [2.24, 2.45) is 0 Å². The van der Waals surface area contributed by atoms with Crippen molar-refractivity contribution >= 4 is 0 Å². The summed E-state index contributed by atoms with van der Waals surface area (Å²) < 4.78 is 54.4. The Morgan fingerprint density at radius 2 is 1.93 bits per heavy atom. The standard InChI is InChI=1S/C9H6F4O/c10-7-2-1-5(9(11,12)13)3-6(7)8-4-14-8/h1-3,8H,4H2/t8-/m1/s1. The van der Waals surface area contributed by atoms with Crippen LogP contribution in [0.5, 0.6) is 0 Å². The molecule has 1 aliphatic heterocycles. The van der Waals surface area contributed by atoms with Crippen molar-refractivity contribution in [2.45, 2.75) is 12.3 Å². The van der Waals surface area contributed by atoms with Crippen LogP contribution in [0.3, 0.4) is 0 Å². The van der Waals surface area contributed by atoms with Gasteiger partial charge in [0.1, 0.15) is 11.9 Å². The largest absolute Gasteiger partial charge is 0.416 e. The zero-order valence-electron chi connectivity index (χ0n) is 6.94. The van der Waals surface area contributed by atoms with Crippen molar-refractivity contribution in [2.75, 3.05) is 6.61 Å². The fourth-order valence-corrected chi connectivity index (χ4v) is 1.19. The van der Waals surface area contributed by atoms with Crippen LogP contribution >= 0.6 is 0 Å². The molecular formula is C9H6F4O. The van der Waals surface area contributed by atoms with E-state index in [9.17, 15) is 17.6 Å². The molecule has 1 atom stereocenters. The van der Waals surface area contributed by atoms with Crippen molar-refractivity contribution in [1.82, 2.24) is 0 Å². The van der Waals surface area contributed by atoms with Crippen LogP contribution in [0.4, 0.5) is 17.6 Å². The van der Waals surface area contributed by atoms with E-state index in [-0.39, 0.29) is 12.2 Å². The molecular weight excluding hydrogens is 200 g/mol. The Balaban J connectivity index is 2.40. The second-order valence-corrected chi connectivity index (χ2v) is 3.06. The summed E-state index contributed by atoms with van der Waals surface area (Å²) in [7, 11) is 0. The summed E-state index contributed by atoms with van der Waals surface area (Å²) in [6.07, 6.45) is -4.94. The van der Waals surface area contributed by atoms with Gasteiger partial charge in [0.25, 0.3) is 0 Å². The third-order valence-corrected chi connectivity index (χ3v) is 2.00. The fraction of sp³-hybridized carbons (Fsp3) is 0.333. The number of alkyl halides is 3. The van der Waals surface area contributed by atoms with Crippen LogP contribution < -0.4 is 0 Å². The fourth-order valence-electron chi connectivity index (χ4n) is 1.19. The summed E-state index contributed by atoms with van der Waals surface area (Å²) in [5.41, 5.74) is -0.857. The average Bonchev–Trinajstić information content (AvgIpc) is 2.85. The highest BCUT2D eigenvalue weighted by Gasteiger charge is 2.34. The SMILES string of the molecule is Fc1ccc(C(F)(F)F)cc1[C@H]1CO1. The number of benzene rings is 1. The first-order chi connectivity index (χ1) is 6.48. The van der Waals surface area contributed by atoms with Gasteiger partial charge in [0.05, 0.1) is 12.2 Å². The van der Waals surface area contributed by atoms with E-state index in [1.165, 1.54) is 0 Å². The van der Waals surface area contributed by atoms with Gasteiger partial charge in [-0.15, -0.1) is 0 Å². The van der Waals surface area contributed by atoms with E-state index in [0.717, 1.165) is 18.2 Å². The third kappa shape index (κ3) is 1.72. The molecule has 0 aromatic heterocycles. The van der Waals surface area contributed by atoms with Gasteiger partial charge < -0.3 is 4.74 Å². The van der Waals surface area contributed by atoms with E-state index < -0.39 is 23.7 Å². The van der Waals surface area contributed by atoms with Crippen LogP contribution in [-0.2, 0) is 10.9 Å². The van der Waals surface area contributed by atoms with E-state index in [1.807, 2.05) is 0 Å². The normalized spacial score (nSPS) is 21.0. The molecule has 0 saturated carbocycles. The molecule has 5 heteroatoms. The van der Waals surface area contributed by atoms with Crippen molar-refractivity contribution in [1.29, 1.82) is 0 Å². The Morgan fingerprint density at radius 1 is 1.29 bits per heavy atom. The maximum absolute atomic E-state index is 13.0. The van der Waals surface area contributed by atoms with Crippen LogP contribution in [0.2, 0.25) is 0 Å². The molecule has 0 bridgehead atoms. The number of hydrogen-bond acceptors (Lipinski definition) is 1. The third-order valence-electron chi connectivity index (χ3n) is 2.00. The highest BCUT2D eigenvalue weighted by molar-refractivity contribution is 5.30. The van der Waals surface area contributed by atoms with Crippen LogP contribution in [0, 0.1) is 5.82 Å². The second kappa shape index (κ2) is 2.95. The molecule has 0 N–H and O–H groups in total. The Hall–Kier alpha value is -1.10. The molecule has 0 radical (unpaired) electrons. The quantitative estimate of drug-likeness (QED) is 0.508. The van der Waals surface area contributed by atoms with E-state index >= 15 is 0 Å². The molecule has 0 spiro atoms. The zero-order valence-corrected chi connectivity index (χ0v) is 6.94.